The molecule has 1 aromatic carbocycles. The Labute approximate surface area is 126 Å². The van der Waals surface area contributed by atoms with E-state index in [-0.39, 0.29) is 28.4 Å². The lowest BCUT2D eigenvalue weighted by molar-refractivity contribution is 0.559. The molecule has 22 heavy (non-hydrogen) atoms. The van der Waals surface area contributed by atoms with E-state index in [1.807, 2.05) is 0 Å². The number of benzene rings is 1. The van der Waals surface area contributed by atoms with E-state index < -0.39 is 31.5 Å². The van der Waals surface area contributed by atoms with Crippen molar-refractivity contribution in [1.82, 2.24) is 4.72 Å². The first kappa shape index (κ1) is 15.2. The van der Waals surface area contributed by atoms with Gasteiger partial charge in [-0.1, -0.05) is 0 Å². The maximum atomic E-state index is 12.3. The van der Waals surface area contributed by atoms with E-state index in [9.17, 15) is 21.6 Å². The van der Waals surface area contributed by atoms with Crippen molar-refractivity contribution in [3.05, 3.63) is 40.8 Å². The van der Waals surface area contributed by atoms with Gasteiger partial charge in [-0.3, -0.25) is 0 Å². The standard InChI is InChI=1S/C13H13NO6S2/c15-13-4-1-9-7-11(2-3-12(9)20-13)22(18,19)14-10-5-6-21(16,17)8-10/h1-4,7,10,14H,5-6,8H2. The Hall–Kier alpha value is -1.71. The summed E-state index contributed by atoms with van der Waals surface area (Å²) >= 11 is 0. The minimum atomic E-state index is -3.83. The Morgan fingerprint density at radius 2 is 1.95 bits per heavy atom. The van der Waals surface area contributed by atoms with Crippen molar-refractivity contribution in [1.29, 1.82) is 0 Å². The molecular formula is C13H13NO6S2. The summed E-state index contributed by atoms with van der Waals surface area (Å²) in [6.45, 7) is 0. The summed E-state index contributed by atoms with van der Waals surface area (Å²) < 4.78 is 54.8. The molecule has 1 aliphatic rings. The molecule has 1 unspecified atom stereocenters. The summed E-state index contributed by atoms with van der Waals surface area (Å²) in [6.07, 6.45) is 0.268. The molecule has 1 aliphatic heterocycles. The highest BCUT2D eigenvalue weighted by Crippen LogP contribution is 2.20. The Balaban J connectivity index is 1.92. The molecule has 7 nitrogen and oxygen atoms in total. The van der Waals surface area contributed by atoms with Crippen molar-refractivity contribution in [2.75, 3.05) is 11.5 Å². The molecule has 1 N–H and O–H groups in total. The second-order valence-electron chi connectivity index (χ2n) is 5.18. The average molecular weight is 343 g/mol. The maximum Gasteiger partial charge on any atom is 0.336 e. The van der Waals surface area contributed by atoms with Gasteiger partial charge in [0.2, 0.25) is 10.0 Å². The van der Waals surface area contributed by atoms with Crippen LogP contribution in [0.25, 0.3) is 11.0 Å². The SMILES string of the molecule is O=c1ccc2cc(S(=O)(=O)NC3CCS(=O)(=O)C3)ccc2o1. The van der Waals surface area contributed by atoms with Crippen LogP contribution in [0.4, 0.5) is 0 Å². The molecule has 2 aromatic rings. The van der Waals surface area contributed by atoms with E-state index in [2.05, 4.69) is 4.72 Å². The predicted octanol–water partition coefficient (Wildman–Crippen LogP) is 0.258. The van der Waals surface area contributed by atoms with Crippen LogP contribution in [-0.2, 0) is 19.9 Å². The average Bonchev–Trinajstić information content (AvgIpc) is 2.76. The van der Waals surface area contributed by atoms with Gasteiger partial charge in [-0.15, -0.1) is 0 Å². The highest BCUT2D eigenvalue weighted by molar-refractivity contribution is 7.92. The van der Waals surface area contributed by atoms with Crippen molar-refractivity contribution >= 4 is 30.8 Å². The lowest BCUT2D eigenvalue weighted by atomic mass is 10.2. The van der Waals surface area contributed by atoms with Gasteiger partial charge in [-0.2, -0.15) is 0 Å². The molecule has 1 aromatic heterocycles. The zero-order valence-electron chi connectivity index (χ0n) is 11.4. The number of hydrogen-bond donors (Lipinski definition) is 1. The number of hydrogen-bond acceptors (Lipinski definition) is 6. The lowest BCUT2D eigenvalue weighted by Crippen LogP contribution is -2.35. The molecule has 0 radical (unpaired) electrons. The van der Waals surface area contributed by atoms with E-state index in [1.165, 1.54) is 30.3 Å². The van der Waals surface area contributed by atoms with Gasteiger partial charge >= 0.3 is 5.63 Å². The van der Waals surface area contributed by atoms with Gasteiger partial charge in [-0.25, -0.2) is 26.4 Å². The van der Waals surface area contributed by atoms with E-state index in [1.54, 1.807) is 0 Å². The Kier molecular flexibility index (Phi) is 3.58. The number of nitrogens with one attached hydrogen (secondary N) is 1. The van der Waals surface area contributed by atoms with Gasteiger partial charge in [0.15, 0.2) is 9.84 Å². The van der Waals surface area contributed by atoms with Crippen molar-refractivity contribution in [2.24, 2.45) is 0 Å². The van der Waals surface area contributed by atoms with E-state index in [0.717, 1.165) is 0 Å². The smallest absolute Gasteiger partial charge is 0.336 e. The second-order valence-corrected chi connectivity index (χ2v) is 9.12. The molecule has 1 fully saturated rings. The van der Waals surface area contributed by atoms with Crippen LogP contribution in [0.1, 0.15) is 6.42 Å². The van der Waals surface area contributed by atoms with E-state index in [0.29, 0.717) is 5.39 Å². The highest BCUT2D eigenvalue weighted by Gasteiger charge is 2.31. The predicted molar refractivity (Wildman–Crippen MR) is 79.9 cm³/mol. The molecule has 3 rings (SSSR count). The summed E-state index contributed by atoms with van der Waals surface area (Å²) in [5.41, 5.74) is -0.229. The third-order valence-electron chi connectivity index (χ3n) is 3.46. The molecule has 0 bridgehead atoms. The van der Waals surface area contributed by atoms with E-state index >= 15 is 0 Å². The summed E-state index contributed by atoms with van der Waals surface area (Å²) in [5.74, 6) is -0.197. The van der Waals surface area contributed by atoms with Crippen molar-refractivity contribution in [2.45, 2.75) is 17.4 Å². The van der Waals surface area contributed by atoms with E-state index in [4.69, 9.17) is 4.42 Å². The number of fused-ring (bicyclic) bond motifs is 1. The largest absolute Gasteiger partial charge is 0.423 e. The normalized spacial score (nSPS) is 21.2. The zero-order chi connectivity index (χ0) is 16.0. The van der Waals surface area contributed by atoms with Crippen LogP contribution < -0.4 is 10.3 Å². The molecule has 2 heterocycles. The number of sulfonamides is 1. The second kappa shape index (κ2) is 5.18. The van der Waals surface area contributed by atoms with Crippen molar-refractivity contribution < 1.29 is 21.3 Å². The third-order valence-corrected chi connectivity index (χ3v) is 6.74. The van der Waals surface area contributed by atoms with Crippen molar-refractivity contribution in [3.8, 4) is 0 Å². The molecule has 1 atom stereocenters. The monoisotopic (exact) mass is 343 g/mol. The first-order valence-electron chi connectivity index (χ1n) is 6.52. The quantitative estimate of drug-likeness (QED) is 0.800. The summed E-state index contributed by atoms with van der Waals surface area (Å²) in [4.78, 5) is 11.1. The minimum Gasteiger partial charge on any atom is -0.423 e. The van der Waals surface area contributed by atoms with Gasteiger partial charge in [0.25, 0.3) is 0 Å². The maximum absolute atomic E-state index is 12.3. The molecule has 0 saturated carbocycles. The van der Waals surface area contributed by atoms with Crippen LogP contribution in [0.2, 0.25) is 0 Å². The van der Waals surface area contributed by atoms with Gasteiger partial charge in [0.05, 0.1) is 16.4 Å². The molecule has 0 spiro atoms. The summed E-state index contributed by atoms with van der Waals surface area (Å²) in [6, 6.07) is 6.16. The molecular weight excluding hydrogens is 330 g/mol. The molecule has 0 amide bonds. The molecule has 1 saturated heterocycles. The Morgan fingerprint density at radius 1 is 1.18 bits per heavy atom. The van der Waals surface area contributed by atoms with Crippen LogP contribution in [-0.4, -0.2) is 34.4 Å². The van der Waals surface area contributed by atoms with Gasteiger partial charge in [-0.05, 0) is 30.7 Å². The highest BCUT2D eigenvalue weighted by atomic mass is 32.2. The van der Waals surface area contributed by atoms with Crippen LogP contribution in [0.15, 0.2) is 44.4 Å². The summed E-state index contributed by atoms with van der Waals surface area (Å²) in [7, 11) is -7.00. The zero-order valence-corrected chi connectivity index (χ0v) is 13.0. The fourth-order valence-electron chi connectivity index (χ4n) is 2.39. The topological polar surface area (TPSA) is 111 Å². The first-order chi connectivity index (χ1) is 10.3. The van der Waals surface area contributed by atoms with Crippen LogP contribution in [0.3, 0.4) is 0 Å². The van der Waals surface area contributed by atoms with Crippen molar-refractivity contribution in [3.63, 3.8) is 0 Å². The van der Waals surface area contributed by atoms with Crippen LogP contribution in [0, 0.1) is 0 Å². The van der Waals surface area contributed by atoms with Gasteiger partial charge in [0.1, 0.15) is 5.58 Å². The van der Waals surface area contributed by atoms with Crippen LogP contribution >= 0.6 is 0 Å². The molecule has 0 aliphatic carbocycles. The fourth-order valence-corrected chi connectivity index (χ4v) is 5.48. The molecule has 118 valence electrons. The third kappa shape index (κ3) is 3.06. The summed E-state index contributed by atoms with van der Waals surface area (Å²) in [5, 5.41) is 0.474. The molecule has 9 heteroatoms. The lowest BCUT2D eigenvalue weighted by Gasteiger charge is -2.11. The Bertz CT molecular complexity index is 991. The number of sulfone groups is 1. The first-order valence-corrected chi connectivity index (χ1v) is 9.82. The van der Waals surface area contributed by atoms with Crippen LogP contribution in [0.5, 0.6) is 0 Å². The van der Waals surface area contributed by atoms with Gasteiger partial charge < -0.3 is 4.42 Å². The Morgan fingerprint density at radius 3 is 2.64 bits per heavy atom. The minimum absolute atomic E-state index is 0.00172. The fraction of sp³-hybridized carbons (Fsp3) is 0.308. The van der Waals surface area contributed by atoms with Gasteiger partial charge in [0, 0.05) is 17.5 Å². The number of rotatable bonds is 3.